The smallest absolute Gasteiger partial charge is 0.408 e. The maximum Gasteiger partial charge on any atom is 0.408 e. The Labute approximate surface area is 112 Å². The van der Waals surface area contributed by atoms with Crippen molar-refractivity contribution in [3.05, 3.63) is 25.1 Å². The van der Waals surface area contributed by atoms with E-state index in [0.717, 1.165) is 6.92 Å². The fraction of sp³-hybridized carbons (Fsp3) is 0.615. The van der Waals surface area contributed by atoms with Crippen LogP contribution in [0.3, 0.4) is 0 Å². The number of amides is 1. The highest BCUT2D eigenvalue weighted by Crippen LogP contribution is 2.21. The van der Waals surface area contributed by atoms with Gasteiger partial charge in [0.2, 0.25) is 5.92 Å². The number of carbonyl (C=O) groups is 1. The summed E-state index contributed by atoms with van der Waals surface area (Å²) in [5.74, 6) is -2.94. The van der Waals surface area contributed by atoms with Gasteiger partial charge in [-0.2, -0.15) is 0 Å². The van der Waals surface area contributed by atoms with Crippen molar-refractivity contribution in [3.63, 3.8) is 0 Å². The van der Waals surface area contributed by atoms with Gasteiger partial charge in [0.1, 0.15) is 5.60 Å². The Kier molecular flexibility index (Phi) is 5.99. The summed E-state index contributed by atoms with van der Waals surface area (Å²) in [6, 6.07) is -0.951. The Morgan fingerprint density at radius 3 is 2.26 bits per heavy atom. The predicted molar refractivity (Wildman–Crippen MR) is 70.9 cm³/mol. The van der Waals surface area contributed by atoms with Crippen molar-refractivity contribution in [2.24, 2.45) is 0 Å². The lowest BCUT2D eigenvalue weighted by atomic mass is 10.1. The molecule has 4 nitrogen and oxygen atoms in total. The molecular formula is C13H22F2N2O2. The monoisotopic (exact) mass is 276 g/mol. The topological polar surface area (TPSA) is 50.4 Å². The molecule has 0 heterocycles. The molecule has 0 fully saturated rings. The van der Waals surface area contributed by atoms with Crippen LogP contribution in [0.2, 0.25) is 0 Å². The van der Waals surface area contributed by atoms with E-state index in [9.17, 15) is 13.6 Å². The number of ether oxygens (including phenoxy) is 1. The van der Waals surface area contributed by atoms with Gasteiger partial charge in [0.05, 0.1) is 6.04 Å². The first kappa shape index (κ1) is 17.4. The van der Waals surface area contributed by atoms with E-state index in [4.69, 9.17) is 4.74 Å². The van der Waals surface area contributed by atoms with Crippen LogP contribution in [-0.4, -0.2) is 23.7 Å². The highest BCUT2D eigenvalue weighted by Gasteiger charge is 2.30. The molecule has 0 aromatic rings. The van der Waals surface area contributed by atoms with Gasteiger partial charge >= 0.3 is 6.09 Å². The molecule has 1 amide bonds. The molecule has 19 heavy (non-hydrogen) atoms. The van der Waals surface area contributed by atoms with Crippen molar-refractivity contribution in [2.75, 3.05) is 0 Å². The Morgan fingerprint density at radius 2 is 1.89 bits per heavy atom. The van der Waals surface area contributed by atoms with Gasteiger partial charge in [-0.1, -0.05) is 13.2 Å². The number of alkyl halides is 2. The molecule has 0 saturated heterocycles. The van der Waals surface area contributed by atoms with E-state index < -0.39 is 30.1 Å². The number of hydrogen-bond acceptors (Lipinski definition) is 3. The van der Waals surface area contributed by atoms with E-state index in [1.165, 1.54) is 6.20 Å². The highest BCUT2D eigenvalue weighted by molar-refractivity contribution is 5.68. The summed E-state index contributed by atoms with van der Waals surface area (Å²) >= 11 is 0. The van der Waals surface area contributed by atoms with E-state index in [1.54, 1.807) is 20.8 Å². The summed E-state index contributed by atoms with van der Waals surface area (Å²) in [5.41, 5.74) is -0.473. The molecule has 0 aliphatic rings. The van der Waals surface area contributed by atoms with Gasteiger partial charge in [0.15, 0.2) is 0 Å². The van der Waals surface area contributed by atoms with E-state index in [-0.39, 0.29) is 5.70 Å². The molecule has 1 atom stereocenters. The van der Waals surface area contributed by atoms with Gasteiger partial charge in [-0.15, -0.1) is 0 Å². The van der Waals surface area contributed by atoms with Crippen molar-refractivity contribution in [3.8, 4) is 0 Å². The molecule has 0 aliphatic heterocycles. The standard InChI is InChI=1S/C13H22F2N2O2/c1-7-16-9(2)10(8-13(6,14)15)17-11(18)19-12(3,4)5/h7,10,16H,1-2,8H2,3-6H3,(H,17,18). The zero-order chi connectivity index (χ0) is 15.3. The first-order valence-electron chi connectivity index (χ1n) is 5.88. The number of rotatable bonds is 6. The van der Waals surface area contributed by atoms with Crippen LogP contribution in [0, 0.1) is 0 Å². The quantitative estimate of drug-likeness (QED) is 0.783. The lowest BCUT2D eigenvalue weighted by molar-refractivity contribution is 0.00327. The molecule has 0 bridgehead atoms. The zero-order valence-corrected chi connectivity index (χ0v) is 11.8. The van der Waals surface area contributed by atoms with E-state index in [0.29, 0.717) is 0 Å². The van der Waals surface area contributed by atoms with Gasteiger partial charge < -0.3 is 15.4 Å². The average Bonchev–Trinajstić information content (AvgIpc) is 2.11. The summed E-state index contributed by atoms with van der Waals surface area (Å²) in [7, 11) is 0. The minimum Gasteiger partial charge on any atom is -0.444 e. The molecule has 0 aromatic heterocycles. The molecule has 1 unspecified atom stereocenters. The second kappa shape index (κ2) is 6.54. The van der Waals surface area contributed by atoms with E-state index >= 15 is 0 Å². The summed E-state index contributed by atoms with van der Waals surface area (Å²) in [6.07, 6.45) is -0.0417. The van der Waals surface area contributed by atoms with Crippen LogP contribution in [0.1, 0.15) is 34.1 Å². The number of halogens is 2. The summed E-state index contributed by atoms with van der Waals surface area (Å²) in [6.45, 7) is 12.8. The molecule has 0 aliphatic carbocycles. The number of nitrogens with one attached hydrogen (secondary N) is 2. The fourth-order valence-electron chi connectivity index (χ4n) is 1.30. The van der Waals surface area contributed by atoms with Gasteiger partial charge in [-0.05, 0) is 33.9 Å². The van der Waals surface area contributed by atoms with Crippen LogP contribution in [0.5, 0.6) is 0 Å². The SMILES string of the molecule is C=CNC(=C)C(CC(C)(F)F)NC(=O)OC(C)(C)C. The Morgan fingerprint density at radius 1 is 1.37 bits per heavy atom. The maximum absolute atomic E-state index is 13.1. The van der Waals surface area contributed by atoms with Crippen molar-refractivity contribution < 1.29 is 18.3 Å². The fourth-order valence-corrected chi connectivity index (χ4v) is 1.30. The van der Waals surface area contributed by atoms with Crippen molar-refractivity contribution in [2.45, 2.75) is 51.7 Å². The summed E-state index contributed by atoms with van der Waals surface area (Å²) < 4.78 is 31.2. The third-order valence-electron chi connectivity index (χ3n) is 1.96. The number of carbonyl (C=O) groups excluding carboxylic acids is 1. The molecule has 2 N–H and O–H groups in total. The van der Waals surface area contributed by atoms with E-state index in [1.807, 2.05) is 0 Å². The molecule has 110 valence electrons. The second-order valence-corrected chi connectivity index (χ2v) is 5.35. The van der Waals surface area contributed by atoms with Crippen LogP contribution in [0.15, 0.2) is 25.1 Å². The van der Waals surface area contributed by atoms with Gasteiger partial charge in [-0.25, -0.2) is 13.6 Å². The van der Waals surface area contributed by atoms with Gasteiger partial charge in [-0.3, -0.25) is 0 Å². The summed E-state index contributed by atoms with van der Waals surface area (Å²) in [4.78, 5) is 11.6. The minimum atomic E-state index is -2.94. The van der Waals surface area contributed by atoms with Crippen LogP contribution >= 0.6 is 0 Å². The van der Waals surface area contributed by atoms with Gasteiger partial charge in [0.25, 0.3) is 0 Å². The molecular weight excluding hydrogens is 254 g/mol. The first-order chi connectivity index (χ1) is 8.44. The Hall–Kier alpha value is -1.59. The van der Waals surface area contributed by atoms with Crippen molar-refractivity contribution in [1.82, 2.24) is 10.6 Å². The molecule has 6 heteroatoms. The first-order valence-corrected chi connectivity index (χ1v) is 5.88. The van der Waals surface area contributed by atoms with Gasteiger partial charge in [0, 0.05) is 12.1 Å². The van der Waals surface area contributed by atoms with Crippen LogP contribution in [0.25, 0.3) is 0 Å². The number of hydrogen-bond donors (Lipinski definition) is 2. The number of alkyl carbamates (subject to hydrolysis) is 1. The van der Waals surface area contributed by atoms with E-state index in [2.05, 4.69) is 23.8 Å². The highest BCUT2D eigenvalue weighted by atomic mass is 19.3. The Balaban J connectivity index is 4.71. The average molecular weight is 276 g/mol. The van der Waals surface area contributed by atoms with Crippen LogP contribution in [-0.2, 0) is 4.74 Å². The third-order valence-corrected chi connectivity index (χ3v) is 1.96. The minimum absolute atomic E-state index is 0.224. The molecule has 0 aromatic carbocycles. The lowest BCUT2D eigenvalue weighted by Crippen LogP contribution is -2.44. The maximum atomic E-state index is 13.1. The molecule has 0 spiro atoms. The zero-order valence-electron chi connectivity index (χ0n) is 11.8. The second-order valence-electron chi connectivity index (χ2n) is 5.35. The van der Waals surface area contributed by atoms with Crippen molar-refractivity contribution >= 4 is 6.09 Å². The largest absolute Gasteiger partial charge is 0.444 e. The third kappa shape index (κ3) is 9.04. The van der Waals surface area contributed by atoms with Crippen molar-refractivity contribution in [1.29, 1.82) is 0 Å². The predicted octanol–water partition coefficient (Wildman–Crippen LogP) is 3.17. The Bertz CT molecular complexity index is 344. The normalized spacial score (nSPS) is 13.4. The lowest BCUT2D eigenvalue weighted by Gasteiger charge is -2.26. The molecule has 0 rings (SSSR count). The summed E-state index contributed by atoms with van der Waals surface area (Å²) in [5, 5.41) is 4.97. The molecule has 0 radical (unpaired) electrons. The van der Waals surface area contributed by atoms with Crippen LogP contribution in [0.4, 0.5) is 13.6 Å². The molecule has 0 saturated carbocycles. The van der Waals surface area contributed by atoms with Crippen LogP contribution < -0.4 is 10.6 Å².